The van der Waals surface area contributed by atoms with Crippen LogP contribution >= 0.6 is 0 Å². The average molecular weight is 287 g/mol. The van der Waals surface area contributed by atoms with Crippen molar-refractivity contribution >= 4 is 11.8 Å². The number of aryl methyl sites for hydroxylation is 1. The van der Waals surface area contributed by atoms with Crippen molar-refractivity contribution in [3.8, 4) is 0 Å². The lowest BCUT2D eigenvalue weighted by Crippen LogP contribution is -2.55. The molecule has 1 aliphatic heterocycles. The molecule has 0 aromatic carbocycles. The van der Waals surface area contributed by atoms with Crippen molar-refractivity contribution in [3.05, 3.63) is 29.6 Å². The lowest BCUT2D eigenvalue weighted by atomic mass is 9.95. The molecule has 0 bridgehead atoms. The second-order valence-electron chi connectivity index (χ2n) is 6.12. The van der Waals surface area contributed by atoms with E-state index in [0.29, 0.717) is 19.5 Å². The molecule has 1 saturated carbocycles. The van der Waals surface area contributed by atoms with Gasteiger partial charge in [0, 0.05) is 31.9 Å². The molecule has 1 saturated heterocycles. The quantitative estimate of drug-likeness (QED) is 0.897. The Morgan fingerprint density at radius 3 is 2.81 bits per heavy atom. The highest BCUT2D eigenvalue weighted by atomic mass is 16.2. The highest BCUT2D eigenvalue weighted by Gasteiger charge is 2.46. The molecule has 1 spiro atoms. The Bertz CT molecular complexity index is 564. The Morgan fingerprint density at radius 1 is 1.33 bits per heavy atom. The van der Waals surface area contributed by atoms with Gasteiger partial charge in [-0.2, -0.15) is 0 Å². The van der Waals surface area contributed by atoms with Gasteiger partial charge in [0.1, 0.15) is 5.54 Å². The number of nitrogens with one attached hydrogen (secondary N) is 1. The van der Waals surface area contributed by atoms with Gasteiger partial charge in [-0.15, -0.1) is 0 Å². The van der Waals surface area contributed by atoms with Crippen LogP contribution in [0.4, 0.5) is 0 Å². The van der Waals surface area contributed by atoms with Crippen LogP contribution in [0.3, 0.4) is 0 Å². The molecular formula is C16H21N3O2. The molecular weight excluding hydrogens is 266 g/mol. The Hall–Kier alpha value is -1.91. The van der Waals surface area contributed by atoms with Gasteiger partial charge in [-0.05, 0) is 37.0 Å². The second-order valence-corrected chi connectivity index (χ2v) is 6.12. The number of hydrogen-bond donors (Lipinski definition) is 1. The third-order valence-electron chi connectivity index (χ3n) is 4.65. The molecule has 21 heavy (non-hydrogen) atoms. The Morgan fingerprint density at radius 2 is 2.10 bits per heavy atom. The first-order chi connectivity index (χ1) is 10.1. The topological polar surface area (TPSA) is 62.3 Å². The van der Waals surface area contributed by atoms with Gasteiger partial charge in [0.05, 0.1) is 0 Å². The summed E-state index contributed by atoms with van der Waals surface area (Å²) in [7, 11) is 0. The van der Waals surface area contributed by atoms with Crippen molar-refractivity contribution in [1.29, 1.82) is 0 Å². The Kier molecular flexibility index (Phi) is 3.66. The van der Waals surface area contributed by atoms with Crippen LogP contribution in [0.1, 0.15) is 43.2 Å². The van der Waals surface area contributed by atoms with Crippen molar-refractivity contribution in [2.24, 2.45) is 0 Å². The third-order valence-corrected chi connectivity index (χ3v) is 4.65. The summed E-state index contributed by atoms with van der Waals surface area (Å²) in [6.45, 7) is 3.05. The summed E-state index contributed by atoms with van der Waals surface area (Å²) in [5, 5.41) is 2.99. The smallest absolute Gasteiger partial charge is 0.248 e. The first kappa shape index (κ1) is 14.0. The molecule has 5 nitrogen and oxygen atoms in total. The monoisotopic (exact) mass is 287 g/mol. The van der Waals surface area contributed by atoms with Gasteiger partial charge < -0.3 is 10.2 Å². The van der Waals surface area contributed by atoms with Crippen LogP contribution < -0.4 is 5.32 Å². The third kappa shape index (κ3) is 2.64. The molecule has 0 unspecified atom stereocenters. The summed E-state index contributed by atoms with van der Waals surface area (Å²) in [6, 6.07) is 1.95. The van der Waals surface area contributed by atoms with E-state index in [1.54, 1.807) is 6.20 Å². The maximum atomic E-state index is 12.9. The van der Waals surface area contributed by atoms with E-state index in [1.807, 2.05) is 24.1 Å². The maximum Gasteiger partial charge on any atom is 0.248 e. The van der Waals surface area contributed by atoms with Crippen molar-refractivity contribution in [2.45, 2.75) is 51.1 Å². The normalized spacial score (nSPS) is 21.5. The van der Waals surface area contributed by atoms with E-state index in [4.69, 9.17) is 0 Å². The summed E-state index contributed by atoms with van der Waals surface area (Å²) in [6.07, 6.45) is 7.49. The van der Waals surface area contributed by atoms with Gasteiger partial charge in [0.15, 0.2) is 0 Å². The number of amides is 2. The standard InChI is InChI=1S/C16H21N3O2/c1-12-4-8-17-10-13(12)11-19-9-5-14(20)18-16(15(19)21)6-2-3-7-16/h4,8,10H,2-3,5-7,9,11H2,1H3,(H,18,20). The van der Waals surface area contributed by atoms with Crippen LogP contribution in [0, 0.1) is 6.92 Å². The molecule has 2 amide bonds. The highest BCUT2D eigenvalue weighted by Crippen LogP contribution is 2.33. The van der Waals surface area contributed by atoms with Gasteiger partial charge in [-0.25, -0.2) is 0 Å². The molecule has 2 fully saturated rings. The average Bonchev–Trinajstić information content (AvgIpc) is 2.90. The first-order valence-electron chi connectivity index (χ1n) is 7.61. The Balaban J connectivity index is 1.85. The van der Waals surface area contributed by atoms with Crippen LogP contribution in [0.15, 0.2) is 18.5 Å². The predicted octanol–water partition coefficient (Wildman–Crippen LogP) is 1.55. The van der Waals surface area contributed by atoms with Crippen LogP contribution in [0.25, 0.3) is 0 Å². The SMILES string of the molecule is Cc1ccncc1CN1CCC(=O)NC2(CCCC2)C1=O. The number of hydrogen-bond acceptors (Lipinski definition) is 3. The molecule has 2 aliphatic rings. The van der Waals surface area contributed by atoms with Crippen molar-refractivity contribution < 1.29 is 9.59 Å². The number of rotatable bonds is 2. The zero-order chi connectivity index (χ0) is 14.9. The molecule has 1 aliphatic carbocycles. The summed E-state index contributed by atoms with van der Waals surface area (Å²) in [5.41, 5.74) is 1.53. The maximum absolute atomic E-state index is 12.9. The number of pyridine rings is 1. The van der Waals surface area contributed by atoms with Gasteiger partial charge in [0.25, 0.3) is 0 Å². The van der Waals surface area contributed by atoms with Gasteiger partial charge in [-0.3, -0.25) is 14.6 Å². The zero-order valence-corrected chi connectivity index (χ0v) is 12.4. The van der Waals surface area contributed by atoms with Crippen molar-refractivity contribution in [1.82, 2.24) is 15.2 Å². The number of carbonyl (C=O) groups excluding carboxylic acids is 2. The molecule has 112 valence electrons. The molecule has 5 heteroatoms. The largest absolute Gasteiger partial charge is 0.342 e. The highest BCUT2D eigenvalue weighted by molar-refractivity contribution is 5.93. The summed E-state index contributed by atoms with van der Waals surface area (Å²) >= 11 is 0. The second kappa shape index (κ2) is 5.47. The predicted molar refractivity (Wildman–Crippen MR) is 78.3 cm³/mol. The van der Waals surface area contributed by atoms with Crippen LogP contribution in [-0.2, 0) is 16.1 Å². The number of aromatic nitrogens is 1. The molecule has 1 N–H and O–H groups in total. The summed E-state index contributed by atoms with van der Waals surface area (Å²) in [4.78, 5) is 30.8. The van der Waals surface area contributed by atoms with Crippen LogP contribution in [0.5, 0.6) is 0 Å². The molecule has 3 rings (SSSR count). The Labute approximate surface area is 124 Å². The zero-order valence-electron chi connectivity index (χ0n) is 12.4. The fraction of sp³-hybridized carbons (Fsp3) is 0.562. The van der Waals surface area contributed by atoms with E-state index in [9.17, 15) is 9.59 Å². The van der Waals surface area contributed by atoms with Gasteiger partial charge in [0.2, 0.25) is 11.8 Å². The fourth-order valence-corrected chi connectivity index (χ4v) is 3.36. The fourth-order valence-electron chi connectivity index (χ4n) is 3.36. The minimum absolute atomic E-state index is 0.00402. The van der Waals surface area contributed by atoms with Crippen LogP contribution in [0.2, 0.25) is 0 Å². The van der Waals surface area contributed by atoms with E-state index >= 15 is 0 Å². The van der Waals surface area contributed by atoms with E-state index in [-0.39, 0.29) is 11.8 Å². The minimum Gasteiger partial charge on any atom is -0.342 e. The van der Waals surface area contributed by atoms with E-state index < -0.39 is 5.54 Å². The number of carbonyl (C=O) groups is 2. The van der Waals surface area contributed by atoms with Gasteiger partial charge >= 0.3 is 0 Å². The number of nitrogens with zero attached hydrogens (tertiary/aromatic N) is 2. The lowest BCUT2D eigenvalue weighted by molar-refractivity contribution is -0.139. The van der Waals surface area contributed by atoms with Crippen molar-refractivity contribution in [2.75, 3.05) is 6.54 Å². The summed E-state index contributed by atoms with van der Waals surface area (Å²) < 4.78 is 0. The van der Waals surface area contributed by atoms with E-state index in [0.717, 1.165) is 36.8 Å². The molecule has 0 atom stereocenters. The molecule has 0 radical (unpaired) electrons. The van der Waals surface area contributed by atoms with Crippen molar-refractivity contribution in [3.63, 3.8) is 0 Å². The van der Waals surface area contributed by atoms with Crippen LogP contribution in [-0.4, -0.2) is 33.8 Å². The molecule has 2 heterocycles. The van der Waals surface area contributed by atoms with Gasteiger partial charge in [-0.1, -0.05) is 12.8 Å². The first-order valence-corrected chi connectivity index (χ1v) is 7.61. The molecule has 1 aromatic heterocycles. The van der Waals surface area contributed by atoms with E-state index in [2.05, 4.69) is 10.3 Å². The summed E-state index contributed by atoms with van der Waals surface area (Å²) in [5.74, 6) is 0.0739. The lowest BCUT2D eigenvalue weighted by Gasteiger charge is -2.32. The van der Waals surface area contributed by atoms with E-state index in [1.165, 1.54) is 0 Å². The molecule has 1 aromatic rings. The minimum atomic E-state index is -0.649.